The van der Waals surface area contributed by atoms with E-state index in [0.29, 0.717) is 95.1 Å². The molecule has 4 unspecified atom stereocenters. The number of unbranched alkanes of at least 4 members (excludes halogenated alkanes) is 2. The molecule has 0 bridgehead atoms. The highest BCUT2D eigenvalue weighted by Crippen LogP contribution is 2.51. The molecule has 5 rings (SSSR count). The fraction of sp³-hybridized carbons (Fsp3) is 0.569. The normalized spacial score (nSPS) is 23.9. The highest BCUT2D eigenvalue weighted by molar-refractivity contribution is 7.86. The molecule has 30 heteroatoms. The number of hydrogen-bond donors (Lipinski definition) is 10. The molecule has 3 aliphatic rings. The minimum atomic E-state index is -5.17. The topological polar surface area (TPSA) is 412 Å². The van der Waals surface area contributed by atoms with Crippen LogP contribution in [0.25, 0.3) is 0 Å². The van der Waals surface area contributed by atoms with Crippen molar-refractivity contribution in [3.8, 4) is 0 Å². The largest absolute Gasteiger partial charge is 0.356 e. The predicted molar refractivity (Wildman–Crippen MR) is 330 cm³/mol. The summed E-state index contributed by atoms with van der Waals surface area (Å²) in [4.78, 5) is 80.7. The first-order valence-corrected chi connectivity index (χ1v) is 35.6. The summed E-state index contributed by atoms with van der Waals surface area (Å²) < 4.78 is 140. The Morgan fingerprint density at radius 3 is 1.98 bits per heavy atom. The van der Waals surface area contributed by atoms with Gasteiger partial charge in [-0.1, -0.05) is 49.1 Å². The molecule has 5 amide bonds. The van der Waals surface area contributed by atoms with Gasteiger partial charge >= 0.3 is 0 Å². The highest BCUT2D eigenvalue weighted by atomic mass is 32.2. The molecule has 488 valence electrons. The van der Waals surface area contributed by atoms with E-state index in [1.54, 1.807) is 6.07 Å². The van der Waals surface area contributed by atoms with Crippen molar-refractivity contribution >= 4 is 92.9 Å². The Balaban J connectivity index is 1.50. The molecule has 2 aromatic carbocycles. The van der Waals surface area contributed by atoms with Crippen LogP contribution in [-0.2, 0) is 80.1 Å². The molecular formula is C58H85N8O18S4+. The second-order valence-electron chi connectivity index (χ2n) is 23.4. The minimum absolute atomic E-state index is 0.0537. The van der Waals surface area contributed by atoms with E-state index in [2.05, 4.69) is 69.0 Å². The number of nitrogens with two attached hydrogens (primary N) is 1. The van der Waals surface area contributed by atoms with Gasteiger partial charge in [-0.05, 0) is 121 Å². The number of rotatable bonds is 13. The smallest absolute Gasteiger partial charge is 0.294 e. The number of allylic oxidation sites excluding steroid dienone is 6. The quantitative estimate of drug-likeness (QED) is 0.0337. The average molecular weight is 1310 g/mol. The Morgan fingerprint density at radius 2 is 1.32 bits per heavy atom. The van der Waals surface area contributed by atoms with Gasteiger partial charge in [0.1, 0.15) is 30.1 Å². The summed E-state index contributed by atoms with van der Waals surface area (Å²) in [7, 11) is -19.9. The van der Waals surface area contributed by atoms with E-state index in [1.807, 2.05) is 43.5 Å². The number of hydrogen-bond acceptors (Lipinski definition) is 16. The summed E-state index contributed by atoms with van der Waals surface area (Å²) in [5, 5.41) is 9.43. The molecule has 0 spiro atoms. The Hall–Kier alpha value is -6.25. The molecule has 3 heterocycles. The van der Waals surface area contributed by atoms with Crippen LogP contribution in [0.1, 0.15) is 147 Å². The molecule has 88 heavy (non-hydrogen) atoms. The number of amides is 5. The summed E-state index contributed by atoms with van der Waals surface area (Å²) in [6, 6.07) is 6.28. The molecule has 2 aromatic rings. The van der Waals surface area contributed by atoms with Crippen molar-refractivity contribution in [3.05, 3.63) is 89.2 Å². The number of anilines is 1. The summed E-state index contributed by atoms with van der Waals surface area (Å²) in [6.45, 7) is 9.70. The van der Waals surface area contributed by atoms with Crippen molar-refractivity contribution in [3.63, 3.8) is 0 Å². The number of ketones is 1. The Morgan fingerprint density at radius 1 is 0.682 bits per heavy atom. The second-order valence-corrected chi connectivity index (χ2v) is 29.3. The van der Waals surface area contributed by atoms with Crippen LogP contribution in [0.2, 0.25) is 0 Å². The van der Waals surface area contributed by atoms with E-state index in [9.17, 15) is 80.6 Å². The monoisotopic (exact) mass is 1310 g/mol. The summed E-state index contributed by atoms with van der Waals surface area (Å²) >= 11 is 0. The number of fused-ring (bicyclic) bond motifs is 5. The van der Waals surface area contributed by atoms with Crippen LogP contribution < -0.4 is 37.4 Å². The van der Waals surface area contributed by atoms with Crippen molar-refractivity contribution in [2.24, 2.45) is 11.8 Å². The number of aryl methyl sites for hydroxylation is 1. The summed E-state index contributed by atoms with van der Waals surface area (Å²) in [5.41, 5.74) is 7.25. The van der Waals surface area contributed by atoms with Gasteiger partial charge < -0.3 is 26.2 Å². The SMILES string of the molecule is Cc1ccc2c(c1)C(C)(C)C1=[N+]2CCCCCC(=O)NCCCCCNC(=O)C(CS(=O)(=O)O)CC(=O)C(CS(=O)(=O)O)NC(=O)C(CS(=O)(=O)O)NC(=O)CCCCCC2(C)/C(=C/C=C/C=C/1)N(CCCCCC(=O)NN)c1ccc(S(=O)(=O)O)cc12. The van der Waals surface area contributed by atoms with Crippen LogP contribution in [0.4, 0.5) is 11.4 Å². The van der Waals surface area contributed by atoms with E-state index in [4.69, 9.17) is 5.84 Å². The molecule has 0 radical (unpaired) electrons. The van der Waals surface area contributed by atoms with Gasteiger partial charge in [0.25, 0.3) is 40.5 Å². The number of carbonyl (C=O) groups is 6. The fourth-order valence-corrected chi connectivity index (χ4v) is 14.0. The molecular weight excluding hydrogens is 1220 g/mol. The lowest BCUT2D eigenvalue weighted by Gasteiger charge is -2.30. The van der Waals surface area contributed by atoms with Crippen molar-refractivity contribution in [1.29, 1.82) is 0 Å². The van der Waals surface area contributed by atoms with Gasteiger partial charge in [-0.25, -0.2) is 5.84 Å². The number of nitrogens with one attached hydrogen (secondary N) is 5. The van der Waals surface area contributed by atoms with E-state index in [-0.39, 0.29) is 54.4 Å². The van der Waals surface area contributed by atoms with Gasteiger partial charge in [0.05, 0.1) is 22.0 Å². The predicted octanol–water partition coefficient (Wildman–Crippen LogP) is 4.08. The minimum Gasteiger partial charge on any atom is -0.356 e. The van der Waals surface area contributed by atoms with Crippen LogP contribution in [0, 0.1) is 12.8 Å². The van der Waals surface area contributed by atoms with Gasteiger partial charge in [-0.2, -0.15) is 38.2 Å². The number of benzene rings is 2. The fourth-order valence-electron chi connectivity index (χ4n) is 11.4. The third kappa shape index (κ3) is 22.1. The number of nitrogens with zero attached hydrogens (tertiary/aromatic N) is 2. The lowest BCUT2D eigenvalue weighted by molar-refractivity contribution is -0.438. The lowest BCUT2D eigenvalue weighted by Crippen LogP contribution is -2.56. The van der Waals surface area contributed by atoms with Crippen LogP contribution in [0.15, 0.2) is 77.4 Å². The maximum absolute atomic E-state index is 13.7. The first kappa shape index (κ1) is 72.5. The molecule has 4 atom stereocenters. The van der Waals surface area contributed by atoms with E-state index >= 15 is 0 Å². The van der Waals surface area contributed by atoms with Crippen molar-refractivity contribution in [1.82, 2.24) is 26.7 Å². The number of hydrazine groups is 1. The third-order valence-electron chi connectivity index (χ3n) is 15.9. The zero-order valence-corrected chi connectivity index (χ0v) is 53.4. The zero-order chi connectivity index (χ0) is 65.3. The van der Waals surface area contributed by atoms with E-state index in [0.717, 1.165) is 35.5 Å². The van der Waals surface area contributed by atoms with Gasteiger partial charge in [0.2, 0.25) is 35.2 Å². The van der Waals surface area contributed by atoms with Crippen molar-refractivity contribution in [2.45, 2.75) is 165 Å². The third-order valence-corrected chi connectivity index (χ3v) is 19.1. The summed E-state index contributed by atoms with van der Waals surface area (Å²) in [6.07, 6.45) is 15.1. The van der Waals surface area contributed by atoms with Crippen LogP contribution in [0.3, 0.4) is 0 Å². The summed E-state index contributed by atoms with van der Waals surface area (Å²) in [5.74, 6) is -6.29. The average Bonchev–Trinajstić information content (AvgIpc) is 1.82. The standard InChI is InChI=1S/C58H84N8O18S4/c1-40-25-27-47-43(34-40)57(2,3)50-20-10-5-11-21-51-58(4,44-36-42(88(82,83)84)26-28-48(44)66(51)33-19-8-14-24-54(70)64-59)29-15-6-12-23-53(69)62-46(39-87(79,80)81)56(72)63-45(38-86(76,77)78)49(67)35-41(37-85(73,74)75)55(71)61-31-17-9-16-30-60-52(68)22-13-7-18-32-65(47)50/h5,10-11,20-21,25-28,34,36,41,45-46H,6-9,12-19,22-24,29-33,35,37-39,59H2,1-4H3,(H8-,60,61,62,63,64,68,69,70,71,72,73,74,75,76,77,78,79,80,81,82,83,84)/p+1. The number of carbonyl (C=O) groups excluding carboxylic acids is 6. The Bertz CT molecular complexity index is 3490. The lowest BCUT2D eigenvalue weighted by atomic mass is 9.77. The molecule has 0 saturated heterocycles. The molecule has 0 aromatic heterocycles. The maximum atomic E-state index is 13.7. The molecule has 26 nitrogen and oxygen atoms in total. The Labute approximate surface area is 516 Å². The van der Waals surface area contributed by atoms with Gasteiger partial charge in [0, 0.05) is 86.2 Å². The molecule has 0 fully saturated rings. The van der Waals surface area contributed by atoms with Crippen molar-refractivity contribution < 1.29 is 85.2 Å². The molecule has 3 aliphatic heterocycles. The first-order valence-electron chi connectivity index (χ1n) is 29.4. The first-order chi connectivity index (χ1) is 41.1. The van der Waals surface area contributed by atoms with Crippen molar-refractivity contribution in [2.75, 3.05) is 48.3 Å². The number of Topliss-reactive ketones (excluding diaryl/α,β-unsaturated/α-hetero) is 1. The molecule has 11 N–H and O–H groups in total. The van der Waals surface area contributed by atoms with Crippen LogP contribution >= 0.6 is 0 Å². The van der Waals surface area contributed by atoms with Gasteiger partial charge in [-0.3, -0.25) is 52.4 Å². The molecule has 0 saturated carbocycles. The van der Waals surface area contributed by atoms with Crippen LogP contribution in [0.5, 0.6) is 0 Å². The second kappa shape index (κ2) is 32.0. The van der Waals surface area contributed by atoms with Gasteiger partial charge in [0.15, 0.2) is 11.5 Å². The van der Waals surface area contributed by atoms with E-state index < -0.39 is 111 Å². The van der Waals surface area contributed by atoms with Crippen LogP contribution in [-0.4, -0.2) is 153 Å². The maximum Gasteiger partial charge on any atom is 0.294 e. The zero-order valence-electron chi connectivity index (χ0n) is 50.2. The van der Waals surface area contributed by atoms with Gasteiger partial charge in [-0.15, -0.1) is 0 Å². The van der Waals surface area contributed by atoms with E-state index in [1.165, 1.54) is 17.7 Å². The molecule has 0 aliphatic carbocycles. The highest BCUT2D eigenvalue weighted by Gasteiger charge is 2.45. The Kier molecular flexibility index (Phi) is 26.3.